The molecular formula is C21H22N2O3S. The minimum absolute atomic E-state index is 0.0906. The van der Waals surface area contributed by atoms with Gasteiger partial charge in [-0.2, -0.15) is 0 Å². The molecule has 0 radical (unpaired) electrons. The van der Waals surface area contributed by atoms with Crippen molar-refractivity contribution in [3.05, 3.63) is 64.6 Å². The van der Waals surface area contributed by atoms with Crippen LogP contribution in [0.5, 0.6) is 0 Å². The molecule has 1 aliphatic carbocycles. The average molecular weight is 382 g/mol. The second kappa shape index (κ2) is 7.19. The summed E-state index contributed by atoms with van der Waals surface area (Å²) in [6.07, 6.45) is 5.37. The lowest BCUT2D eigenvalue weighted by Crippen LogP contribution is -2.35. The van der Waals surface area contributed by atoms with E-state index in [0.717, 1.165) is 24.1 Å². The predicted molar refractivity (Wildman–Crippen MR) is 108 cm³/mol. The molecule has 1 fully saturated rings. The number of hydrogen-bond donors (Lipinski definition) is 1. The zero-order chi connectivity index (χ0) is 18.9. The van der Waals surface area contributed by atoms with E-state index < -0.39 is 10.0 Å². The van der Waals surface area contributed by atoms with Gasteiger partial charge in [-0.05, 0) is 61.1 Å². The van der Waals surface area contributed by atoms with Crippen LogP contribution in [-0.4, -0.2) is 20.9 Å². The number of benzene rings is 2. The van der Waals surface area contributed by atoms with Crippen molar-refractivity contribution >= 4 is 33.4 Å². The molecular weight excluding hydrogens is 360 g/mol. The van der Waals surface area contributed by atoms with Crippen LogP contribution in [0.4, 0.5) is 11.4 Å². The minimum Gasteiger partial charge on any atom is -0.312 e. The fourth-order valence-corrected chi connectivity index (χ4v) is 4.88. The number of amides is 1. The molecule has 1 heterocycles. The Labute approximate surface area is 159 Å². The lowest BCUT2D eigenvalue weighted by Gasteiger charge is -2.27. The van der Waals surface area contributed by atoms with Gasteiger partial charge >= 0.3 is 0 Å². The van der Waals surface area contributed by atoms with Crippen molar-refractivity contribution in [3.63, 3.8) is 0 Å². The van der Waals surface area contributed by atoms with Gasteiger partial charge in [-0.1, -0.05) is 30.3 Å². The summed E-state index contributed by atoms with van der Waals surface area (Å²) in [5.74, 6) is 0.0906. The van der Waals surface area contributed by atoms with Crippen molar-refractivity contribution in [1.82, 2.24) is 0 Å². The molecule has 0 atom stereocenters. The molecule has 0 spiro atoms. The first-order chi connectivity index (χ1) is 13.0. The van der Waals surface area contributed by atoms with Gasteiger partial charge in [0, 0.05) is 18.7 Å². The maximum absolute atomic E-state index is 12.9. The van der Waals surface area contributed by atoms with E-state index in [1.54, 1.807) is 29.2 Å². The Balaban J connectivity index is 1.58. The molecule has 1 amide bonds. The van der Waals surface area contributed by atoms with Crippen LogP contribution in [0.25, 0.3) is 6.08 Å². The van der Waals surface area contributed by atoms with Crippen molar-refractivity contribution < 1.29 is 13.2 Å². The Morgan fingerprint density at radius 2 is 1.78 bits per heavy atom. The lowest BCUT2D eigenvalue weighted by atomic mass is 9.98. The van der Waals surface area contributed by atoms with E-state index in [0.29, 0.717) is 36.4 Å². The summed E-state index contributed by atoms with van der Waals surface area (Å²) < 4.78 is 28.4. The van der Waals surface area contributed by atoms with Crippen molar-refractivity contribution in [2.45, 2.75) is 32.1 Å². The third-order valence-electron chi connectivity index (χ3n) is 5.09. The minimum atomic E-state index is -3.63. The Hall–Kier alpha value is -2.60. The van der Waals surface area contributed by atoms with Gasteiger partial charge in [0.2, 0.25) is 5.91 Å². The summed E-state index contributed by atoms with van der Waals surface area (Å²) in [5.41, 5.74) is 3.34. The van der Waals surface area contributed by atoms with Crippen molar-refractivity contribution in [3.8, 4) is 0 Å². The van der Waals surface area contributed by atoms with Crippen LogP contribution in [0.2, 0.25) is 0 Å². The fraction of sp³-hybridized carbons (Fsp3) is 0.286. The molecule has 1 aliphatic heterocycles. The van der Waals surface area contributed by atoms with Crippen LogP contribution in [0.15, 0.2) is 53.4 Å². The quantitative estimate of drug-likeness (QED) is 0.871. The first kappa shape index (κ1) is 17.8. The fourth-order valence-electron chi connectivity index (χ4n) is 3.65. The Bertz CT molecular complexity index is 1010. The number of piperidine rings is 1. The van der Waals surface area contributed by atoms with E-state index in [2.05, 4.69) is 4.72 Å². The highest BCUT2D eigenvalue weighted by Crippen LogP contribution is 2.29. The summed E-state index contributed by atoms with van der Waals surface area (Å²) in [7, 11) is -3.63. The number of hydrogen-bond acceptors (Lipinski definition) is 3. The van der Waals surface area contributed by atoms with Crippen molar-refractivity contribution in [2.24, 2.45) is 0 Å². The summed E-state index contributed by atoms with van der Waals surface area (Å²) in [6, 6.07) is 14.9. The number of allylic oxidation sites excluding steroid dienone is 1. The SMILES string of the molecule is O=C1CCCCN1c1cccc(NS(=O)(=O)C2=Cc3ccccc3CC2)c1. The average Bonchev–Trinajstić information content (AvgIpc) is 2.68. The monoisotopic (exact) mass is 382 g/mol. The van der Waals surface area contributed by atoms with Gasteiger partial charge in [0.15, 0.2) is 0 Å². The standard InChI is InChI=1S/C21H22N2O3S/c24-21-10-3-4-13-23(21)19-9-5-8-18(15-19)22-27(25,26)20-12-11-16-6-1-2-7-17(16)14-20/h1-2,5-9,14-15,22H,3-4,10-13H2. The Kier molecular flexibility index (Phi) is 4.74. The summed E-state index contributed by atoms with van der Waals surface area (Å²) in [5, 5.41) is 0. The highest BCUT2D eigenvalue weighted by Gasteiger charge is 2.23. The number of anilines is 2. The maximum Gasteiger partial charge on any atom is 0.258 e. The molecule has 4 rings (SSSR count). The summed E-state index contributed by atoms with van der Waals surface area (Å²) in [6.45, 7) is 0.678. The highest BCUT2D eigenvalue weighted by atomic mass is 32.2. The molecule has 2 aromatic carbocycles. The molecule has 2 aromatic rings. The number of carbonyl (C=O) groups is 1. The molecule has 140 valence electrons. The molecule has 0 unspecified atom stereocenters. The van der Waals surface area contributed by atoms with Crippen LogP contribution in [0, 0.1) is 0 Å². The van der Waals surface area contributed by atoms with Gasteiger partial charge in [0.1, 0.15) is 0 Å². The Morgan fingerprint density at radius 1 is 0.926 bits per heavy atom. The van der Waals surface area contributed by atoms with Gasteiger partial charge in [-0.15, -0.1) is 0 Å². The molecule has 6 heteroatoms. The van der Waals surface area contributed by atoms with Gasteiger partial charge in [0.25, 0.3) is 10.0 Å². The van der Waals surface area contributed by atoms with Gasteiger partial charge < -0.3 is 4.90 Å². The van der Waals surface area contributed by atoms with Crippen LogP contribution in [0.1, 0.15) is 36.8 Å². The topological polar surface area (TPSA) is 66.5 Å². The second-order valence-electron chi connectivity index (χ2n) is 6.97. The van der Waals surface area contributed by atoms with E-state index in [1.807, 2.05) is 30.3 Å². The number of sulfonamides is 1. The number of nitrogens with zero attached hydrogens (tertiary/aromatic N) is 1. The number of fused-ring (bicyclic) bond motifs is 1. The van der Waals surface area contributed by atoms with Crippen LogP contribution in [0.3, 0.4) is 0 Å². The first-order valence-corrected chi connectivity index (χ1v) is 10.7. The van der Waals surface area contributed by atoms with E-state index in [4.69, 9.17) is 0 Å². The largest absolute Gasteiger partial charge is 0.312 e. The third kappa shape index (κ3) is 3.76. The van der Waals surface area contributed by atoms with Crippen LogP contribution in [-0.2, 0) is 21.2 Å². The first-order valence-electron chi connectivity index (χ1n) is 9.25. The number of nitrogens with one attached hydrogen (secondary N) is 1. The second-order valence-corrected chi connectivity index (χ2v) is 8.70. The smallest absolute Gasteiger partial charge is 0.258 e. The van der Waals surface area contributed by atoms with E-state index in [9.17, 15) is 13.2 Å². The number of carbonyl (C=O) groups excluding carboxylic acids is 1. The maximum atomic E-state index is 12.9. The molecule has 2 aliphatic rings. The summed E-state index contributed by atoms with van der Waals surface area (Å²) in [4.78, 5) is 14.3. The number of aryl methyl sites for hydroxylation is 1. The number of rotatable bonds is 4. The summed E-state index contributed by atoms with van der Waals surface area (Å²) >= 11 is 0. The zero-order valence-electron chi connectivity index (χ0n) is 15.0. The third-order valence-corrected chi connectivity index (χ3v) is 6.61. The van der Waals surface area contributed by atoms with Gasteiger partial charge in [-0.3, -0.25) is 9.52 Å². The molecule has 0 bridgehead atoms. The molecule has 1 N–H and O–H groups in total. The van der Waals surface area contributed by atoms with E-state index >= 15 is 0 Å². The Morgan fingerprint density at radius 3 is 2.63 bits per heavy atom. The lowest BCUT2D eigenvalue weighted by molar-refractivity contribution is -0.119. The molecule has 27 heavy (non-hydrogen) atoms. The van der Waals surface area contributed by atoms with Crippen LogP contribution >= 0.6 is 0 Å². The molecule has 0 saturated carbocycles. The van der Waals surface area contributed by atoms with Crippen molar-refractivity contribution in [2.75, 3.05) is 16.2 Å². The van der Waals surface area contributed by atoms with Gasteiger partial charge in [-0.25, -0.2) is 8.42 Å². The van der Waals surface area contributed by atoms with Crippen LogP contribution < -0.4 is 9.62 Å². The zero-order valence-corrected chi connectivity index (χ0v) is 15.8. The van der Waals surface area contributed by atoms with E-state index in [-0.39, 0.29) is 5.91 Å². The predicted octanol–water partition coefficient (Wildman–Crippen LogP) is 3.93. The normalized spacial score (nSPS) is 17.3. The molecule has 5 nitrogen and oxygen atoms in total. The molecule has 0 aromatic heterocycles. The van der Waals surface area contributed by atoms with Crippen molar-refractivity contribution in [1.29, 1.82) is 0 Å². The van der Waals surface area contributed by atoms with E-state index in [1.165, 1.54) is 5.56 Å². The molecule has 1 saturated heterocycles. The highest BCUT2D eigenvalue weighted by molar-refractivity contribution is 7.96. The van der Waals surface area contributed by atoms with Gasteiger partial charge in [0.05, 0.1) is 10.6 Å².